The lowest BCUT2D eigenvalue weighted by molar-refractivity contribution is -0.157. The van der Waals surface area contributed by atoms with Crippen LogP contribution >= 0.6 is 0 Å². The first-order chi connectivity index (χ1) is 7.21. The highest BCUT2D eigenvalue weighted by Gasteiger charge is 2.52. The summed E-state index contributed by atoms with van der Waals surface area (Å²) >= 11 is 0. The average molecular weight is 207 g/mol. The van der Waals surface area contributed by atoms with Crippen molar-refractivity contribution in [3.8, 4) is 0 Å². The van der Waals surface area contributed by atoms with Gasteiger partial charge in [-0.2, -0.15) is 0 Å². The van der Waals surface area contributed by atoms with E-state index in [0.29, 0.717) is 6.42 Å². The molecule has 3 heterocycles. The Morgan fingerprint density at radius 3 is 3.07 bits per heavy atom. The van der Waals surface area contributed by atoms with Crippen LogP contribution in [0, 0.1) is 0 Å². The summed E-state index contributed by atoms with van der Waals surface area (Å²) in [6.07, 6.45) is 6.52. The molecule has 0 radical (unpaired) electrons. The normalized spacial score (nSPS) is 38.7. The predicted octanol–water partition coefficient (Wildman–Crippen LogP) is 0.623. The van der Waals surface area contributed by atoms with E-state index in [1.165, 1.54) is 6.08 Å². The molecule has 2 saturated heterocycles. The fourth-order valence-corrected chi connectivity index (χ4v) is 2.99. The van der Waals surface area contributed by atoms with Gasteiger partial charge in [0.05, 0.1) is 6.04 Å². The molecule has 0 bridgehead atoms. The molecule has 4 nitrogen and oxygen atoms in total. The smallest absolute Gasteiger partial charge is 0.331 e. The zero-order chi connectivity index (χ0) is 10.5. The highest BCUT2D eigenvalue weighted by Crippen LogP contribution is 2.41. The van der Waals surface area contributed by atoms with Crippen molar-refractivity contribution in [3.63, 3.8) is 0 Å². The number of fused-ring (bicyclic) bond motifs is 2. The highest BCUT2D eigenvalue weighted by atomic mass is 16.6. The monoisotopic (exact) mass is 207 g/mol. The molecule has 0 aromatic carbocycles. The maximum atomic E-state index is 11.6. The molecule has 15 heavy (non-hydrogen) atoms. The minimum Gasteiger partial charge on any atom is -0.449 e. The SMILES string of the molecule is O=C1C=C[C@@]2(CCCN3C(=O)CC[C@H]32)O1. The molecule has 0 N–H and O–H groups in total. The van der Waals surface area contributed by atoms with Gasteiger partial charge in [0.1, 0.15) is 0 Å². The van der Waals surface area contributed by atoms with E-state index in [-0.39, 0.29) is 17.9 Å². The van der Waals surface area contributed by atoms with Crippen LogP contribution in [0.1, 0.15) is 25.7 Å². The van der Waals surface area contributed by atoms with Crippen LogP contribution in [0.5, 0.6) is 0 Å². The topological polar surface area (TPSA) is 46.6 Å². The third kappa shape index (κ3) is 1.14. The van der Waals surface area contributed by atoms with Crippen LogP contribution in [0.4, 0.5) is 0 Å². The first-order valence-corrected chi connectivity index (χ1v) is 5.43. The minimum absolute atomic E-state index is 0.0847. The second kappa shape index (κ2) is 2.84. The van der Waals surface area contributed by atoms with Gasteiger partial charge >= 0.3 is 5.97 Å². The Hall–Kier alpha value is -1.32. The number of piperidine rings is 1. The number of carbonyl (C=O) groups is 2. The van der Waals surface area contributed by atoms with Gasteiger partial charge in [-0.15, -0.1) is 0 Å². The second-order valence-corrected chi connectivity index (χ2v) is 4.45. The summed E-state index contributed by atoms with van der Waals surface area (Å²) in [6, 6.07) is 0.0847. The quantitative estimate of drug-likeness (QED) is 0.547. The Morgan fingerprint density at radius 2 is 2.33 bits per heavy atom. The van der Waals surface area contributed by atoms with Gasteiger partial charge in [0.2, 0.25) is 5.91 Å². The number of amides is 1. The van der Waals surface area contributed by atoms with Crippen LogP contribution in [0.2, 0.25) is 0 Å². The summed E-state index contributed by atoms with van der Waals surface area (Å²) in [7, 11) is 0. The van der Waals surface area contributed by atoms with E-state index in [1.807, 2.05) is 11.0 Å². The van der Waals surface area contributed by atoms with Gasteiger partial charge in [-0.3, -0.25) is 4.79 Å². The molecule has 3 aliphatic heterocycles. The van der Waals surface area contributed by atoms with Crippen LogP contribution in [0.25, 0.3) is 0 Å². The maximum Gasteiger partial charge on any atom is 0.331 e. The Balaban J connectivity index is 1.94. The van der Waals surface area contributed by atoms with Crippen molar-refractivity contribution in [1.29, 1.82) is 0 Å². The number of esters is 1. The Morgan fingerprint density at radius 1 is 1.47 bits per heavy atom. The fourth-order valence-electron chi connectivity index (χ4n) is 2.99. The van der Waals surface area contributed by atoms with Gasteiger partial charge in [0.25, 0.3) is 0 Å². The molecule has 80 valence electrons. The van der Waals surface area contributed by atoms with E-state index in [9.17, 15) is 9.59 Å². The second-order valence-electron chi connectivity index (χ2n) is 4.45. The van der Waals surface area contributed by atoms with Crippen LogP contribution in [0.15, 0.2) is 12.2 Å². The van der Waals surface area contributed by atoms with Crippen molar-refractivity contribution >= 4 is 11.9 Å². The largest absolute Gasteiger partial charge is 0.449 e. The summed E-state index contributed by atoms with van der Waals surface area (Å²) < 4.78 is 5.41. The van der Waals surface area contributed by atoms with Gasteiger partial charge < -0.3 is 9.64 Å². The van der Waals surface area contributed by atoms with E-state index in [0.717, 1.165) is 25.8 Å². The molecule has 1 amide bonds. The zero-order valence-electron chi connectivity index (χ0n) is 8.44. The number of ether oxygens (including phenoxy) is 1. The van der Waals surface area contributed by atoms with Crippen LogP contribution in [-0.4, -0.2) is 35.0 Å². The number of nitrogens with zero attached hydrogens (tertiary/aromatic N) is 1. The average Bonchev–Trinajstić information content (AvgIpc) is 2.75. The number of carbonyl (C=O) groups excluding carboxylic acids is 2. The van der Waals surface area contributed by atoms with Crippen molar-refractivity contribution < 1.29 is 14.3 Å². The molecular weight excluding hydrogens is 194 g/mol. The molecule has 2 atom stereocenters. The lowest BCUT2D eigenvalue weighted by Crippen LogP contribution is -2.54. The molecule has 0 aromatic heterocycles. The van der Waals surface area contributed by atoms with Gasteiger partial charge in [-0.05, 0) is 25.3 Å². The van der Waals surface area contributed by atoms with Gasteiger partial charge in [-0.25, -0.2) is 4.79 Å². The number of hydrogen-bond donors (Lipinski definition) is 0. The third-order valence-electron chi connectivity index (χ3n) is 3.65. The molecule has 0 saturated carbocycles. The molecule has 0 aromatic rings. The summed E-state index contributed by atoms with van der Waals surface area (Å²) in [5.74, 6) is -0.0633. The lowest BCUT2D eigenvalue weighted by Gasteiger charge is -2.42. The van der Waals surface area contributed by atoms with Crippen LogP contribution in [0.3, 0.4) is 0 Å². The van der Waals surface area contributed by atoms with Gasteiger partial charge in [-0.1, -0.05) is 0 Å². The Bertz CT molecular complexity index is 363. The minimum atomic E-state index is -0.499. The third-order valence-corrected chi connectivity index (χ3v) is 3.65. The fraction of sp³-hybridized carbons (Fsp3) is 0.636. The molecule has 0 unspecified atom stereocenters. The van der Waals surface area contributed by atoms with Crippen LogP contribution < -0.4 is 0 Å². The van der Waals surface area contributed by atoms with Crippen molar-refractivity contribution in [1.82, 2.24) is 4.90 Å². The molecule has 4 heteroatoms. The summed E-state index contributed by atoms with van der Waals surface area (Å²) in [6.45, 7) is 0.816. The standard InChI is InChI=1S/C11H13NO3/c13-9-3-2-8-11(5-1-7-12(8)9)6-4-10(14)15-11/h4,6,8H,1-3,5,7H2/t8-,11+/m0/s1. The van der Waals surface area contributed by atoms with E-state index >= 15 is 0 Å². The van der Waals surface area contributed by atoms with Gasteiger partial charge in [0, 0.05) is 19.0 Å². The van der Waals surface area contributed by atoms with Crippen molar-refractivity contribution in [3.05, 3.63) is 12.2 Å². The lowest BCUT2D eigenvalue weighted by atomic mass is 9.84. The molecule has 3 rings (SSSR count). The van der Waals surface area contributed by atoms with E-state index in [2.05, 4.69) is 0 Å². The highest BCUT2D eigenvalue weighted by molar-refractivity contribution is 5.86. The van der Waals surface area contributed by atoms with E-state index in [4.69, 9.17) is 4.74 Å². The predicted molar refractivity (Wildman–Crippen MR) is 51.9 cm³/mol. The molecule has 0 aliphatic carbocycles. The molecule has 2 fully saturated rings. The molecule has 1 spiro atoms. The Kier molecular flexibility index (Phi) is 1.69. The first-order valence-electron chi connectivity index (χ1n) is 5.43. The maximum absolute atomic E-state index is 11.6. The van der Waals surface area contributed by atoms with Crippen molar-refractivity contribution in [2.75, 3.05) is 6.54 Å². The number of rotatable bonds is 0. The Labute approximate surface area is 87.9 Å². The number of hydrogen-bond acceptors (Lipinski definition) is 3. The summed E-state index contributed by atoms with van der Waals surface area (Å²) in [5.41, 5.74) is -0.499. The molecule has 3 aliphatic rings. The summed E-state index contributed by atoms with van der Waals surface area (Å²) in [5, 5.41) is 0. The summed E-state index contributed by atoms with van der Waals surface area (Å²) in [4.78, 5) is 24.6. The molecular formula is C11H13NO3. The van der Waals surface area contributed by atoms with E-state index < -0.39 is 5.60 Å². The van der Waals surface area contributed by atoms with Crippen molar-refractivity contribution in [2.45, 2.75) is 37.3 Å². The van der Waals surface area contributed by atoms with Gasteiger partial charge in [0.15, 0.2) is 5.60 Å². The first kappa shape index (κ1) is 8.95. The van der Waals surface area contributed by atoms with E-state index in [1.54, 1.807) is 0 Å². The zero-order valence-corrected chi connectivity index (χ0v) is 8.44. The van der Waals surface area contributed by atoms with Crippen LogP contribution in [-0.2, 0) is 14.3 Å². The van der Waals surface area contributed by atoms with Crippen molar-refractivity contribution in [2.24, 2.45) is 0 Å².